The fraction of sp³-hybridized carbons (Fsp3) is 0.429. The van der Waals surface area contributed by atoms with E-state index in [0.29, 0.717) is 11.8 Å². The maximum Gasteiger partial charge on any atom is 0.265 e. The predicted octanol–water partition coefficient (Wildman–Crippen LogP) is 1.18. The highest BCUT2D eigenvalue weighted by Crippen LogP contribution is 2.28. The van der Waals surface area contributed by atoms with E-state index in [1.165, 1.54) is 0 Å². The summed E-state index contributed by atoms with van der Waals surface area (Å²) in [6.45, 7) is 2.74. The Kier molecular flexibility index (Phi) is 3.23. The first kappa shape index (κ1) is 13.2. The topological polar surface area (TPSA) is 88.7 Å². The Labute approximate surface area is 127 Å². The first-order valence-corrected chi connectivity index (χ1v) is 7.30. The lowest BCUT2D eigenvalue weighted by Gasteiger charge is -2.12. The van der Waals surface area contributed by atoms with Crippen molar-refractivity contribution in [3.05, 3.63) is 36.6 Å². The van der Waals surface area contributed by atoms with E-state index in [1.807, 2.05) is 17.8 Å². The Morgan fingerprint density at radius 1 is 1.41 bits per heavy atom. The summed E-state index contributed by atoms with van der Waals surface area (Å²) >= 11 is 0. The minimum Gasteiger partial charge on any atom is -0.419 e. The molecule has 0 aliphatic carbocycles. The summed E-state index contributed by atoms with van der Waals surface area (Å²) in [7, 11) is 1.91. The molecule has 0 radical (unpaired) electrons. The van der Waals surface area contributed by atoms with Gasteiger partial charge >= 0.3 is 0 Å². The molecule has 114 valence electrons. The second-order valence-corrected chi connectivity index (χ2v) is 5.59. The van der Waals surface area contributed by atoms with Gasteiger partial charge in [0.1, 0.15) is 11.5 Å². The third kappa shape index (κ3) is 2.41. The molecule has 4 heterocycles. The van der Waals surface area contributed by atoms with Gasteiger partial charge in [-0.25, -0.2) is 9.97 Å². The van der Waals surface area contributed by atoms with Crippen LogP contribution in [0.3, 0.4) is 0 Å². The quantitative estimate of drug-likeness (QED) is 0.778. The highest BCUT2D eigenvalue weighted by molar-refractivity contribution is 5.44. The molecule has 1 saturated heterocycles. The number of nitrogens with one attached hydrogen (secondary N) is 1. The molecule has 1 aliphatic heterocycles. The van der Waals surface area contributed by atoms with Crippen LogP contribution in [0, 0.1) is 0 Å². The van der Waals surface area contributed by atoms with Crippen molar-refractivity contribution >= 4 is 0 Å². The molecule has 0 saturated carbocycles. The number of H-pyrrole nitrogens is 1. The van der Waals surface area contributed by atoms with Crippen LogP contribution in [0.2, 0.25) is 0 Å². The van der Waals surface area contributed by atoms with E-state index >= 15 is 0 Å². The summed E-state index contributed by atoms with van der Waals surface area (Å²) in [6.07, 6.45) is 8.10. The number of aromatic amines is 1. The van der Waals surface area contributed by atoms with Crippen LogP contribution in [0.1, 0.15) is 24.1 Å². The minimum absolute atomic E-state index is 0.282. The summed E-state index contributed by atoms with van der Waals surface area (Å²) in [5, 5.41) is 8.37. The zero-order chi connectivity index (χ0) is 14.9. The molecule has 3 aromatic rings. The fourth-order valence-corrected chi connectivity index (χ4v) is 2.84. The predicted molar refractivity (Wildman–Crippen MR) is 77.7 cm³/mol. The lowest BCUT2D eigenvalue weighted by atomic mass is 10.1. The number of aryl methyl sites for hydroxylation is 1. The van der Waals surface area contributed by atoms with Crippen LogP contribution in [0.4, 0.5) is 0 Å². The zero-order valence-corrected chi connectivity index (χ0v) is 12.3. The first-order chi connectivity index (χ1) is 10.8. The van der Waals surface area contributed by atoms with Crippen molar-refractivity contribution in [3.8, 4) is 11.6 Å². The normalized spacial score (nSPS) is 19.0. The van der Waals surface area contributed by atoms with Gasteiger partial charge in [-0.3, -0.25) is 4.90 Å². The van der Waals surface area contributed by atoms with Gasteiger partial charge in [0.25, 0.3) is 5.89 Å². The largest absolute Gasteiger partial charge is 0.419 e. The third-order valence-electron chi connectivity index (χ3n) is 4.03. The molecule has 8 heteroatoms. The molecule has 3 aromatic heterocycles. The second-order valence-electron chi connectivity index (χ2n) is 5.59. The smallest absolute Gasteiger partial charge is 0.265 e. The van der Waals surface area contributed by atoms with Crippen LogP contribution in [0.5, 0.6) is 0 Å². The number of hydrogen-bond donors (Lipinski definition) is 1. The van der Waals surface area contributed by atoms with Crippen LogP contribution >= 0.6 is 0 Å². The molecule has 0 spiro atoms. The van der Waals surface area contributed by atoms with Crippen LogP contribution in [-0.2, 0) is 13.6 Å². The number of imidazole rings is 2. The van der Waals surface area contributed by atoms with Crippen LogP contribution in [0.25, 0.3) is 11.6 Å². The van der Waals surface area contributed by atoms with Crippen molar-refractivity contribution in [2.75, 3.05) is 13.1 Å². The highest BCUT2D eigenvalue weighted by atomic mass is 16.4. The first-order valence-electron chi connectivity index (χ1n) is 7.30. The van der Waals surface area contributed by atoms with Crippen LogP contribution < -0.4 is 0 Å². The molecule has 1 atom stereocenters. The van der Waals surface area contributed by atoms with Gasteiger partial charge in [-0.2, -0.15) is 0 Å². The molecule has 0 unspecified atom stereocenters. The molecule has 4 rings (SSSR count). The fourth-order valence-electron chi connectivity index (χ4n) is 2.84. The van der Waals surface area contributed by atoms with E-state index in [4.69, 9.17) is 4.42 Å². The molecular formula is C14H17N7O. The van der Waals surface area contributed by atoms with E-state index in [9.17, 15) is 0 Å². The van der Waals surface area contributed by atoms with Gasteiger partial charge in [-0.1, -0.05) is 0 Å². The van der Waals surface area contributed by atoms with Crippen LogP contribution in [-0.4, -0.2) is 47.7 Å². The Bertz CT molecular complexity index is 745. The Morgan fingerprint density at radius 2 is 2.36 bits per heavy atom. The molecule has 0 bridgehead atoms. The Hall–Kier alpha value is -2.48. The van der Waals surface area contributed by atoms with Gasteiger partial charge in [0.2, 0.25) is 5.89 Å². The molecular weight excluding hydrogens is 282 g/mol. The van der Waals surface area contributed by atoms with Gasteiger partial charge in [-0.05, 0) is 13.0 Å². The lowest BCUT2D eigenvalue weighted by molar-refractivity contribution is 0.313. The monoisotopic (exact) mass is 299 g/mol. The van der Waals surface area contributed by atoms with Crippen LogP contribution in [0.15, 0.2) is 29.3 Å². The average Bonchev–Trinajstić information content (AvgIpc) is 3.25. The minimum atomic E-state index is 0.282. The molecule has 1 aliphatic rings. The SMILES string of the molecule is Cn1cncc1-c1nnc([C@H]2CCN(Cc3ncc[nH]3)C2)o1. The third-order valence-corrected chi connectivity index (χ3v) is 4.03. The zero-order valence-electron chi connectivity index (χ0n) is 12.3. The standard InChI is InChI=1S/C14H17N7O/c1-20-9-15-6-11(20)14-19-18-13(22-14)10-2-5-21(7-10)8-12-16-3-4-17-12/h3-4,6,9-10H,2,5,7-8H2,1H3,(H,16,17)/t10-/m0/s1. The number of nitrogens with zero attached hydrogens (tertiary/aromatic N) is 6. The molecule has 8 nitrogen and oxygen atoms in total. The molecule has 22 heavy (non-hydrogen) atoms. The van der Waals surface area contributed by atoms with Crippen molar-refractivity contribution in [1.82, 2.24) is 34.6 Å². The summed E-state index contributed by atoms with van der Waals surface area (Å²) in [4.78, 5) is 13.8. The Morgan fingerprint density at radius 3 is 3.14 bits per heavy atom. The van der Waals surface area contributed by atoms with Gasteiger partial charge in [0.05, 0.1) is 25.0 Å². The molecule has 0 aromatic carbocycles. The van der Waals surface area contributed by atoms with E-state index in [0.717, 1.165) is 37.6 Å². The van der Waals surface area contributed by atoms with Crippen molar-refractivity contribution in [2.24, 2.45) is 7.05 Å². The number of aromatic nitrogens is 6. The number of rotatable bonds is 4. The Balaban J connectivity index is 1.45. The van der Waals surface area contributed by atoms with E-state index in [1.54, 1.807) is 18.7 Å². The summed E-state index contributed by atoms with van der Waals surface area (Å²) in [5.41, 5.74) is 0.837. The summed E-state index contributed by atoms with van der Waals surface area (Å²) < 4.78 is 7.71. The second kappa shape index (κ2) is 5.38. The van der Waals surface area contributed by atoms with Crippen molar-refractivity contribution in [2.45, 2.75) is 18.9 Å². The van der Waals surface area contributed by atoms with Crippen molar-refractivity contribution in [1.29, 1.82) is 0 Å². The molecule has 1 fully saturated rings. The maximum absolute atomic E-state index is 5.84. The van der Waals surface area contributed by atoms with Crippen molar-refractivity contribution in [3.63, 3.8) is 0 Å². The van der Waals surface area contributed by atoms with Gasteiger partial charge < -0.3 is 14.0 Å². The van der Waals surface area contributed by atoms with Gasteiger partial charge in [-0.15, -0.1) is 10.2 Å². The van der Waals surface area contributed by atoms with Gasteiger partial charge in [0.15, 0.2) is 0 Å². The summed E-state index contributed by atoms with van der Waals surface area (Å²) in [5.74, 6) is 2.50. The lowest BCUT2D eigenvalue weighted by Crippen LogP contribution is -2.20. The van der Waals surface area contributed by atoms with E-state index < -0.39 is 0 Å². The van der Waals surface area contributed by atoms with Gasteiger partial charge in [0, 0.05) is 26.0 Å². The number of hydrogen-bond acceptors (Lipinski definition) is 6. The number of likely N-dealkylation sites (tertiary alicyclic amines) is 1. The molecule has 1 N–H and O–H groups in total. The van der Waals surface area contributed by atoms with E-state index in [-0.39, 0.29) is 5.92 Å². The average molecular weight is 299 g/mol. The van der Waals surface area contributed by atoms with Crippen molar-refractivity contribution < 1.29 is 4.42 Å². The molecule has 0 amide bonds. The summed E-state index contributed by atoms with van der Waals surface area (Å²) in [6, 6.07) is 0. The maximum atomic E-state index is 5.84. The van der Waals surface area contributed by atoms with E-state index in [2.05, 4.69) is 30.0 Å². The highest BCUT2D eigenvalue weighted by Gasteiger charge is 2.29.